The van der Waals surface area contributed by atoms with E-state index in [1.807, 2.05) is 17.8 Å². The summed E-state index contributed by atoms with van der Waals surface area (Å²) in [6.45, 7) is 0. The van der Waals surface area contributed by atoms with Gasteiger partial charge in [0.1, 0.15) is 0 Å². The number of nitrogens with zero attached hydrogens (tertiary/aromatic N) is 1. The lowest BCUT2D eigenvalue weighted by molar-refractivity contribution is 0.117. The number of aliphatic hydroxyl groups is 1. The van der Waals surface area contributed by atoms with Gasteiger partial charge in [0.2, 0.25) is 0 Å². The molecule has 0 bridgehead atoms. The van der Waals surface area contributed by atoms with Crippen molar-refractivity contribution < 1.29 is 5.11 Å². The first-order valence-electron chi connectivity index (χ1n) is 4.54. The molecule has 0 aromatic carbocycles. The zero-order valence-corrected chi connectivity index (χ0v) is 8.98. The highest BCUT2D eigenvalue weighted by Crippen LogP contribution is 2.33. The molecule has 1 saturated heterocycles. The van der Waals surface area contributed by atoms with Gasteiger partial charge >= 0.3 is 0 Å². The molecule has 2 rings (SSSR count). The minimum atomic E-state index is -0.278. The summed E-state index contributed by atoms with van der Waals surface area (Å²) in [6, 6.07) is 1.93. The number of hydrogen-bond donors (Lipinski definition) is 1. The van der Waals surface area contributed by atoms with E-state index < -0.39 is 0 Å². The predicted octanol–water partition coefficient (Wildman–Crippen LogP) is 2.32. The van der Waals surface area contributed by atoms with Gasteiger partial charge in [-0.15, -0.1) is 0 Å². The van der Waals surface area contributed by atoms with Crippen molar-refractivity contribution in [2.45, 2.75) is 18.9 Å². The van der Waals surface area contributed by atoms with Crippen LogP contribution >= 0.6 is 23.3 Å². The van der Waals surface area contributed by atoms with Crippen LogP contribution in [0.25, 0.3) is 0 Å². The van der Waals surface area contributed by atoms with E-state index in [0.29, 0.717) is 5.92 Å². The lowest BCUT2D eigenvalue weighted by Crippen LogP contribution is -2.18. The average Bonchev–Trinajstić information content (AvgIpc) is 2.71. The van der Waals surface area contributed by atoms with Crippen LogP contribution in [0.2, 0.25) is 0 Å². The van der Waals surface area contributed by atoms with Gasteiger partial charge in [0.05, 0.1) is 11.0 Å². The van der Waals surface area contributed by atoms with Crippen molar-refractivity contribution >= 4 is 23.3 Å². The summed E-state index contributed by atoms with van der Waals surface area (Å²) < 4.78 is 4.01. The number of aliphatic hydroxyl groups excluding tert-OH is 1. The summed E-state index contributed by atoms with van der Waals surface area (Å²) in [6.07, 6.45) is 3.89. The molecule has 0 saturated carbocycles. The molecule has 1 fully saturated rings. The Morgan fingerprint density at radius 2 is 2.54 bits per heavy atom. The van der Waals surface area contributed by atoms with Crippen molar-refractivity contribution in [1.82, 2.24) is 4.37 Å². The molecule has 1 aromatic heterocycles. The molecule has 1 aliphatic heterocycles. The quantitative estimate of drug-likeness (QED) is 0.822. The molecule has 2 unspecified atom stereocenters. The molecule has 0 radical (unpaired) electrons. The smallest absolute Gasteiger partial charge is 0.0933 e. The van der Waals surface area contributed by atoms with E-state index in [-0.39, 0.29) is 6.10 Å². The highest BCUT2D eigenvalue weighted by Gasteiger charge is 2.24. The Kier molecular flexibility index (Phi) is 3.24. The van der Waals surface area contributed by atoms with Gasteiger partial charge in [-0.3, -0.25) is 0 Å². The second-order valence-electron chi connectivity index (χ2n) is 3.34. The maximum atomic E-state index is 9.99. The summed E-state index contributed by atoms with van der Waals surface area (Å²) in [5.41, 5.74) is 0. The van der Waals surface area contributed by atoms with Crippen LogP contribution in [0.4, 0.5) is 0 Å². The highest BCUT2D eigenvalue weighted by molar-refractivity contribution is 7.99. The molecular weight excluding hydrogens is 202 g/mol. The van der Waals surface area contributed by atoms with Crippen molar-refractivity contribution in [1.29, 1.82) is 0 Å². The van der Waals surface area contributed by atoms with Gasteiger partial charge in [0.15, 0.2) is 0 Å². The van der Waals surface area contributed by atoms with Gasteiger partial charge in [-0.1, -0.05) is 0 Å². The van der Waals surface area contributed by atoms with E-state index >= 15 is 0 Å². The van der Waals surface area contributed by atoms with E-state index in [4.69, 9.17) is 0 Å². The summed E-state index contributed by atoms with van der Waals surface area (Å²) in [4.78, 5) is 1.02. The Bertz CT molecular complexity index is 244. The Labute approximate surface area is 86.5 Å². The molecule has 1 aliphatic rings. The maximum absolute atomic E-state index is 9.99. The molecule has 2 nitrogen and oxygen atoms in total. The topological polar surface area (TPSA) is 33.1 Å². The van der Waals surface area contributed by atoms with E-state index in [1.54, 1.807) is 6.20 Å². The van der Waals surface area contributed by atoms with Gasteiger partial charge in [0, 0.05) is 6.20 Å². The van der Waals surface area contributed by atoms with Gasteiger partial charge < -0.3 is 5.11 Å². The van der Waals surface area contributed by atoms with Crippen LogP contribution in [0.3, 0.4) is 0 Å². The first-order chi connectivity index (χ1) is 6.38. The largest absolute Gasteiger partial charge is 0.387 e. The lowest BCUT2D eigenvalue weighted by atomic mass is 9.98. The van der Waals surface area contributed by atoms with Crippen LogP contribution in [-0.4, -0.2) is 21.0 Å². The first kappa shape index (κ1) is 9.49. The van der Waals surface area contributed by atoms with E-state index in [9.17, 15) is 5.11 Å². The second kappa shape index (κ2) is 4.44. The van der Waals surface area contributed by atoms with E-state index in [1.165, 1.54) is 23.7 Å². The van der Waals surface area contributed by atoms with Gasteiger partial charge in [-0.05, 0) is 47.9 Å². The molecule has 4 heteroatoms. The van der Waals surface area contributed by atoms with Gasteiger partial charge in [0.25, 0.3) is 0 Å². The summed E-state index contributed by atoms with van der Waals surface area (Å²) in [7, 11) is 0. The van der Waals surface area contributed by atoms with Crippen LogP contribution in [0.15, 0.2) is 12.3 Å². The Morgan fingerprint density at radius 3 is 3.15 bits per heavy atom. The van der Waals surface area contributed by atoms with Gasteiger partial charge in [-0.2, -0.15) is 11.8 Å². The van der Waals surface area contributed by atoms with Crippen molar-refractivity contribution in [2.24, 2.45) is 5.92 Å². The minimum Gasteiger partial charge on any atom is -0.387 e. The minimum absolute atomic E-state index is 0.278. The molecule has 1 aromatic rings. The molecule has 2 heterocycles. The van der Waals surface area contributed by atoms with Crippen LogP contribution in [-0.2, 0) is 0 Å². The first-order valence-corrected chi connectivity index (χ1v) is 6.47. The molecule has 0 aliphatic carbocycles. The fraction of sp³-hybridized carbons (Fsp3) is 0.667. The van der Waals surface area contributed by atoms with Gasteiger partial charge in [-0.25, -0.2) is 4.37 Å². The zero-order chi connectivity index (χ0) is 9.10. The average molecular weight is 215 g/mol. The molecule has 1 N–H and O–H groups in total. The van der Waals surface area contributed by atoms with Crippen molar-refractivity contribution in [3.63, 3.8) is 0 Å². The van der Waals surface area contributed by atoms with Crippen LogP contribution in [0.1, 0.15) is 23.8 Å². The third-order valence-electron chi connectivity index (χ3n) is 2.39. The lowest BCUT2D eigenvalue weighted by Gasteiger charge is -2.25. The number of aromatic nitrogens is 1. The Morgan fingerprint density at radius 1 is 1.62 bits per heavy atom. The number of rotatable bonds is 2. The fourth-order valence-electron chi connectivity index (χ4n) is 1.63. The summed E-state index contributed by atoms with van der Waals surface area (Å²) >= 11 is 3.37. The SMILES string of the molecule is OC(c1ccns1)C1CCCSC1. The normalized spacial score (nSPS) is 25.8. The summed E-state index contributed by atoms with van der Waals surface area (Å²) in [5.74, 6) is 2.80. The van der Waals surface area contributed by atoms with Crippen LogP contribution in [0, 0.1) is 5.92 Å². The zero-order valence-electron chi connectivity index (χ0n) is 7.35. The predicted molar refractivity (Wildman–Crippen MR) is 57.1 cm³/mol. The number of hydrogen-bond acceptors (Lipinski definition) is 4. The Hall–Kier alpha value is -0.0600. The summed E-state index contributed by atoms with van der Waals surface area (Å²) in [5, 5.41) is 9.99. The highest BCUT2D eigenvalue weighted by atomic mass is 32.2. The third-order valence-corrected chi connectivity index (χ3v) is 4.45. The maximum Gasteiger partial charge on any atom is 0.0933 e. The molecule has 0 amide bonds. The number of thioether (sulfide) groups is 1. The molecule has 0 spiro atoms. The van der Waals surface area contributed by atoms with Crippen molar-refractivity contribution in [2.75, 3.05) is 11.5 Å². The van der Waals surface area contributed by atoms with E-state index in [2.05, 4.69) is 4.37 Å². The van der Waals surface area contributed by atoms with Crippen LogP contribution < -0.4 is 0 Å². The third kappa shape index (κ3) is 2.24. The standard InChI is InChI=1S/C9H13NOS2/c11-9(8-3-4-10-13-8)7-2-1-5-12-6-7/h3-4,7,9,11H,1-2,5-6H2. The van der Waals surface area contributed by atoms with Crippen molar-refractivity contribution in [3.8, 4) is 0 Å². The monoisotopic (exact) mass is 215 g/mol. The molecule has 72 valence electrons. The molecule has 2 atom stereocenters. The fourth-order valence-corrected chi connectivity index (χ4v) is 3.48. The molecule has 13 heavy (non-hydrogen) atoms. The van der Waals surface area contributed by atoms with Crippen LogP contribution in [0.5, 0.6) is 0 Å². The molecular formula is C9H13NOS2. The Balaban J connectivity index is 1.99. The second-order valence-corrected chi connectivity index (χ2v) is 5.35. The van der Waals surface area contributed by atoms with E-state index in [0.717, 1.165) is 17.1 Å². The van der Waals surface area contributed by atoms with Crippen molar-refractivity contribution in [3.05, 3.63) is 17.1 Å².